The number of aryl methyl sites for hydroxylation is 2. The zero-order valence-corrected chi connectivity index (χ0v) is 13.9. The summed E-state index contributed by atoms with van der Waals surface area (Å²) in [6, 6.07) is 6.90. The van der Waals surface area contributed by atoms with Crippen LogP contribution in [0, 0.1) is 31.1 Å². The highest BCUT2D eigenvalue weighted by molar-refractivity contribution is 5.34. The lowest BCUT2D eigenvalue weighted by atomic mass is 9.63. The lowest BCUT2D eigenvalue weighted by molar-refractivity contribution is 0.133. The van der Waals surface area contributed by atoms with E-state index < -0.39 is 0 Å². The molecule has 0 amide bonds. The maximum absolute atomic E-state index is 6.07. The third-order valence-electron chi connectivity index (χ3n) is 5.36. The molecule has 1 saturated carbocycles. The molecule has 2 rings (SSSR count). The monoisotopic (exact) mass is 273 g/mol. The summed E-state index contributed by atoms with van der Waals surface area (Å²) < 4.78 is 0. The van der Waals surface area contributed by atoms with Crippen LogP contribution in [-0.4, -0.2) is 6.54 Å². The molecule has 1 heteroatoms. The van der Waals surface area contributed by atoms with Gasteiger partial charge in [0.15, 0.2) is 0 Å². The van der Waals surface area contributed by atoms with Gasteiger partial charge in [0.1, 0.15) is 0 Å². The summed E-state index contributed by atoms with van der Waals surface area (Å²) in [6.45, 7) is 12.4. The molecule has 1 aromatic carbocycles. The summed E-state index contributed by atoms with van der Waals surface area (Å²) in [7, 11) is 0. The fourth-order valence-corrected chi connectivity index (χ4v) is 3.84. The van der Waals surface area contributed by atoms with E-state index in [0.29, 0.717) is 17.3 Å². The minimum absolute atomic E-state index is 0.412. The van der Waals surface area contributed by atoms with Crippen molar-refractivity contribution >= 4 is 0 Å². The summed E-state index contributed by atoms with van der Waals surface area (Å²) in [5.41, 5.74) is 10.8. The molecule has 1 aromatic rings. The maximum Gasteiger partial charge on any atom is -0.00430 e. The lowest BCUT2D eigenvalue weighted by Gasteiger charge is -2.42. The van der Waals surface area contributed by atoms with Crippen LogP contribution in [0.2, 0.25) is 0 Å². The molecule has 20 heavy (non-hydrogen) atoms. The van der Waals surface area contributed by atoms with Crippen LogP contribution in [0.25, 0.3) is 0 Å². The van der Waals surface area contributed by atoms with E-state index in [0.717, 1.165) is 12.5 Å². The number of benzene rings is 1. The Bertz CT molecular complexity index is 455. The Hall–Kier alpha value is -0.820. The van der Waals surface area contributed by atoms with E-state index in [4.69, 9.17) is 5.73 Å². The zero-order valence-electron chi connectivity index (χ0n) is 13.9. The molecule has 112 valence electrons. The van der Waals surface area contributed by atoms with Gasteiger partial charge in [-0.2, -0.15) is 0 Å². The van der Waals surface area contributed by atoms with Gasteiger partial charge in [0.2, 0.25) is 0 Å². The van der Waals surface area contributed by atoms with E-state index >= 15 is 0 Å². The second kappa shape index (κ2) is 5.89. The van der Waals surface area contributed by atoms with Gasteiger partial charge in [-0.15, -0.1) is 0 Å². The van der Waals surface area contributed by atoms with Crippen molar-refractivity contribution in [3.63, 3.8) is 0 Å². The Morgan fingerprint density at radius 3 is 2.45 bits per heavy atom. The third-order valence-corrected chi connectivity index (χ3v) is 5.36. The molecule has 1 aliphatic carbocycles. The van der Waals surface area contributed by atoms with Crippen molar-refractivity contribution < 1.29 is 0 Å². The number of rotatable bonds is 2. The van der Waals surface area contributed by atoms with E-state index in [2.05, 4.69) is 52.8 Å². The van der Waals surface area contributed by atoms with E-state index in [9.17, 15) is 0 Å². The standard InChI is InChI=1S/C19H31N/c1-13-6-7-14(2)17(10-13)18-11-16(19(3,4)5)9-8-15(18)12-20/h6-7,10,15-16,18H,8-9,11-12,20H2,1-5H3. The molecule has 3 unspecified atom stereocenters. The van der Waals surface area contributed by atoms with Crippen LogP contribution in [0.3, 0.4) is 0 Å². The minimum Gasteiger partial charge on any atom is -0.330 e. The smallest absolute Gasteiger partial charge is 0.00430 e. The Kier molecular flexibility index (Phi) is 4.59. The van der Waals surface area contributed by atoms with Crippen molar-refractivity contribution in [2.45, 2.75) is 59.8 Å². The van der Waals surface area contributed by atoms with E-state index in [1.807, 2.05) is 0 Å². The molecule has 0 aromatic heterocycles. The highest BCUT2D eigenvalue weighted by Gasteiger charge is 2.36. The molecule has 2 N–H and O–H groups in total. The van der Waals surface area contributed by atoms with Crippen LogP contribution < -0.4 is 5.73 Å². The second-order valence-electron chi connectivity index (χ2n) is 7.84. The molecular weight excluding hydrogens is 242 g/mol. The van der Waals surface area contributed by atoms with Crippen LogP contribution in [0.4, 0.5) is 0 Å². The Labute approximate surface area is 125 Å². The van der Waals surface area contributed by atoms with Gasteiger partial charge in [0, 0.05) is 0 Å². The first kappa shape index (κ1) is 15.6. The van der Waals surface area contributed by atoms with Gasteiger partial charge in [-0.1, -0.05) is 44.5 Å². The first-order chi connectivity index (χ1) is 9.32. The largest absolute Gasteiger partial charge is 0.330 e. The van der Waals surface area contributed by atoms with Crippen molar-refractivity contribution in [3.8, 4) is 0 Å². The average molecular weight is 273 g/mol. The van der Waals surface area contributed by atoms with Crippen molar-refractivity contribution in [1.82, 2.24) is 0 Å². The summed E-state index contributed by atoms with van der Waals surface area (Å²) in [6.07, 6.45) is 3.93. The normalized spacial score (nSPS) is 27.6. The Morgan fingerprint density at radius 1 is 1.15 bits per heavy atom. The van der Waals surface area contributed by atoms with Gasteiger partial charge in [-0.05, 0) is 74.0 Å². The van der Waals surface area contributed by atoms with E-state index in [1.165, 1.54) is 30.4 Å². The third kappa shape index (κ3) is 3.25. The molecule has 0 spiro atoms. The van der Waals surface area contributed by atoms with Crippen LogP contribution >= 0.6 is 0 Å². The number of nitrogens with two attached hydrogens (primary N) is 1. The van der Waals surface area contributed by atoms with Crippen LogP contribution in [0.5, 0.6) is 0 Å². The van der Waals surface area contributed by atoms with Crippen molar-refractivity contribution in [1.29, 1.82) is 0 Å². The summed E-state index contributed by atoms with van der Waals surface area (Å²) in [5.74, 6) is 2.13. The predicted octanol–water partition coefficient (Wildman–Crippen LogP) is 4.81. The van der Waals surface area contributed by atoms with Crippen molar-refractivity contribution in [2.75, 3.05) is 6.54 Å². The van der Waals surface area contributed by atoms with Crippen LogP contribution in [-0.2, 0) is 0 Å². The SMILES string of the molecule is Cc1ccc(C)c(C2CC(C(C)(C)C)CCC2CN)c1. The number of hydrogen-bond donors (Lipinski definition) is 1. The molecule has 0 saturated heterocycles. The van der Waals surface area contributed by atoms with E-state index in [1.54, 1.807) is 5.56 Å². The van der Waals surface area contributed by atoms with E-state index in [-0.39, 0.29) is 0 Å². The Balaban J connectivity index is 2.32. The second-order valence-corrected chi connectivity index (χ2v) is 7.84. The minimum atomic E-state index is 0.412. The van der Waals surface area contributed by atoms with Crippen molar-refractivity contribution in [2.24, 2.45) is 23.0 Å². The van der Waals surface area contributed by atoms with Crippen molar-refractivity contribution in [3.05, 3.63) is 34.9 Å². The fraction of sp³-hybridized carbons (Fsp3) is 0.684. The molecule has 0 aliphatic heterocycles. The van der Waals surface area contributed by atoms with Gasteiger partial charge in [0.05, 0.1) is 0 Å². The summed E-state index contributed by atoms with van der Waals surface area (Å²) in [5, 5.41) is 0. The molecule has 1 nitrogen and oxygen atoms in total. The summed E-state index contributed by atoms with van der Waals surface area (Å²) >= 11 is 0. The molecular formula is C19H31N. The number of hydrogen-bond acceptors (Lipinski definition) is 1. The first-order valence-corrected chi connectivity index (χ1v) is 8.10. The van der Waals surface area contributed by atoms with Gasteiger partial charge in [-0.25, -0.2) is 0 Å². The van der Waals surface area contributed by atoms with Gasteiger partial charge in [-0.3, -0.25) is 0 Å². The van der Waals surface area contributed by atoms with Crippen LogP contribution in [0.15, 0.2) is 18.2 Å². The van der Waals surface area contributed by atoms with Gasteiger partial charge < -0.3 is 5.73 Å². The fourth-order valence-electron chi connectivity index (χ4n) is 3.84. The zero-order chi connectivity index (χ0) is 14.9. The topological polar surface area (TPSA) is 26.0 Å². The maximum atomic E-state index is 6.07. The lowest BCUT2D eigenvalue weighted by Crippen LogP contribution is -2.34. The molecule has 1 aliphatic rings. The summed E-state index contributed by atoms with van der Waals surface area (Å²) in [4.78, 5) is 0. The molecule has 0 bridgehead atoms. The molecule has 1 fully saturated rings. The first-order valence-electron chi connectivity index (χ1n) is 8.10. The molecule has 0 radical (unpaired) electrons. The quantitative estimate of drug-likeness (QED) is 0.822. The highest BCUT2D eigenvalue weighted by Crippen LogP contribution is 2.47. The van der Waals surface area contributed by atoms with Crippen LogP contribution in [0.1, 0.15) is 62.6 Å². The predicted molar refractivity (Wildman–Crippen MR) is 88.0 cm³/mol. The van der Waals surface area contributed by atoms with Gasteiger partial charge >= 0.3 is 0 Å². The van der Waals surface area contributed by atoms with Gasteiger partial charge in [0.25, 0.3) is 0 Å². The Morgan fingerprint density at radius 2 is 1.85 bits per heavy atom. The molecule has 3 atom stereocenters. The highest BCUT2D eigenvalue weighted by atomic mass is 14.6. The molecule has 0 heterocycles. The average Bonchev–Trinajstić information content (AvgIpc) is 2.40.